The zero-order valence-corrected chi connectivity index (χ0v) is 13.9. The van der Waals surface area contributed by atoms with Crippen molar-refractivity contribution < 1.29 is 9.53 Å². The lowest BCUT2D eigenvalue weighted by Crippen LogP contribution is -2.19. The minimum Gasteiger partial charge on any atom is -0.460 e. The first kappa shape index (κ1) is 17.1. The van der Waals surface area contributed by atoms with Gasteiger partial charge in [-0.25, -0.2) is 0 Å². The topological polar surface area (TPSA) is 50.1 Å². The maximum atomic E-state index is 12.2. The van der Waals surface area contributed by atoms with Crippen molar-refractivity contribution in [2.75, 3.05) is 0 Å². The van der Waals surface area contributed by atoms with Crippen LogP contribution in [0, 0.1) is 11.3 Å². The predicted octanol–water partition coefficient (Wildman–Crippen LogP) is 4.31. The van der Waals surface area contributed by atoms with E-state index in [-0.39, 0.29) is 11.2 Å². The molecule has 0 aliphatic heterocycles. The monoisotopic (exact) mass is 325 g/mol. The van der Waals surface area contributed by atoms with Crippen molar-refractivity contribution >= 4 is 17.7 Å². The van der Waals surface area contributed by atoms with Crippen LogP contribution in [0.2, 0.25) is 0 Å². The number of nitriles is 1. The molecule has 0 aliphatic carbocycles. The Morgan fingerprint density at radius 3 is 2.43 bits per heavy atom. The van der Waals surface area contributed by atoms with Crippen LogP contribution in [0.3, 0.4) is 0 Å². The fourth-order valence-corrected chi connectivity index (χ4v) is 3.07. The van der Waals surface area contributed by atoms with Gasteiger partial charge in [0.25, 0.3) is 0 Å². The van der Waals surface area contributed by atoms with Gasteiger partial charge in [-0.2, -0.15) is 5.26 Å². The largest absolute Gasteiger partial charge is 0.460 e. The first-order valence-electron chi connectivity index (χ1n) is 7.54. The molecule has 0 radical (unpaired) electrons. The average Bonchev–Trinajstić information content (AvgIpc) is 2.62. The normalized spacial score (nSPS) is 11.5. The highest BCUT2D eigenvalue weighted by molar-refractivity contribution is 7.99. The lowest BCUT2D eigenvalue weighted by molar-refractivity contribution is -0.144. The van der Waals surface area contributed by atoms with Crippen LogP contribution in [-0.2, 0) is 21.9 Å². The number of esters is 1. The number of thioether (sulfide) groups is 1. The molecule has 1 unspecified atom stereocenters. The zero-order valence-electron chi connectivity index (χ0n) is 13.1. The lowest BCUT2D eigenvalue weighted by atomic mass is 10.2. The third-order valence-electron chi connectivity index (χ3n) is 3.39. The number of carbonyl (C=O) groups excluding carboxylic acids is 1. The van der Waals surface area contributed by atoms with Crippen molar-refractivity contribution in [1.29, 1.82) is 5.26 Å². The zero-order chi connectivity index (χ0) is 16.5. The molecule has 2 aromatic carbocycles. The molecular formula is C19H19NO2S. The van der Waals surface area contributed by atoms with Crippen molar-refractivity contribution in [1.82, 2.24) is 0 Å². The summed E-state index contributed by atoms with van der Waals surface area (Å²) >= 11 is 1.57. The molecule has 0 spiro atoms. The molecule has 0 aromatic heterocycles. The van der Waals surface area contributed by atoms with Gasteiger partial charge in [-0.15, -0.1) is 11.8 Å². The van der Waals surface area contributed by atoms with Gasteiger partial charge in [0.2, 0.25) is 0 Å². The van der Waals surface area contributed by atoms with Crippen LogP contribution in [0.5, 0.6) is 0 Å². The Kier molecular flexibility index (Phi) is 6.71. The number of carbonyl (C=O) groups is 1. The summed E-state index contributed by atoms with van der Waals surface area (Å²) in [5.41, 5.74) is 2.74. The van der Waals surface area contributed by atoms with E-state index >= 15 is 0 Å². The molecule has 0 fully saturated rings. The molecule has 0 saturated carbocycles. The van der Waals surface area contributed by atoms with Crippen LogP contribution >= 0.6 is 11.8 Å². The highest BCUT2D eigenvalue weighted by Crippen LogP contribution is 2.22. The second-order valence-corrected chi connectivity index (χ2v) is 6.30. The summed E-state index contributed by atoms with van der Waals surface area (Å²) in [4.78, 5) is 12.2. The molecule has 0 bridgehead atoms. The van der Waals surface area contributed by atoms with Gasteiger partial charge >= 0.3 is 5.97 Å². The Bertz CT molecular complexity index is 662. The fraction of sp³-hybridized carbons (Fsp3) is 0.263. The molecule has 0 N–H and O–H groups in total. The summed E-state index contributed by atoms with van der Waals surface area (Å²) < 4.78 is 5.40. The van der Waals surface area contributed by atoms with Crippen molar-refractivity contribution in [2.24, 2.45) is 0 Å². The van der Waals surface area contributed by atoms with Gasteiger partial charge < -0.3 is 4.74 Å². The SMILES string of the molecule is CCC(SCc1ccc(C#N)cc1)C(=O)OCc1ccccc1. The number of hydrogen-bond acceptors (Lipinski definition) is 4. The van der Waals surface area contributed by atoms with Crippen LogP contribution in [0.15, 0.2) is 54.6 Å². The Labute approximate surface area is 141 Å². The Morgan fingerprint density at radius 1 is 1.13 bits per heavy atom. The fourth-order valence-electron chi connectivity index (χ4n) is 2.05. The van der Waals surface area contributed by atoms with Crippen LogP contribution < -0.4 is 0 Å². The van der Waals surface area contributed by atoms with E-state index in [9.17, 15) is 4.79 Å². The van der Waals surface area contributed by atoms with Crippen LogP contribution in [0.25, 0.3) is 0 Å². The molecule has 3 nitrogen and oxygen atoms in total. The summed E-state index contributed by atoms with van der Waals surface area (Å²) in [6, 6.07) is 19.2. The molecule has 0 amide bonds. The molecule has 2 rings (SSSR count). The van der Waals surface area contributed by atoms with Gasteiger partial charge in [0, 0.05) is 5.75 Å². The van der Waals surface area contributed by atoms with E-state index in [2.05, 4.69) is 6.07 Å². The first-order chi connectivity index (χ1) is 11.2. The molecule has 118 valence electrons. The number of benzene rings is 2. The van der Waals surface area contributed by atoms with Gasteiger partial charge in [0.1, 0.15) is 11.9 Å². The van der Waals surface area contributed by atoms with Crippen LogP contribution in [-0.4, -0.2) is 11.2 Å². The van der Waals surface area contributed by atoms with Crippen molar-refractivity contribution in [3.05, 3.63) is 71.3 Å². The average molecular weight is 325 g/mol. The maximum Gasteiger partial charge on any atom is 0.319 e. The van der Waals surface area contributed by atoms with Gasteiger partial charge in [-0.3, -0.25) is 4.79 Å². The molecule has 1 atom stereocenters. The van der Waals surface area contributed by atoms with E-state index < -0.39 is 0 Å². The highest BCUT2D eigenvalue weighted by Gasteiger charge is 2.18. The molecular weight excluding hydrogens is 306 g/mol. The van der Waals surface area contributed by atoms with Crippen molar-refractivity contribution in [2.45, 2.75) is 31.0 Å². The quantitative estimate of drug-likeness (QED) is 0.712. The molecule has 0 aliphatic rings. The molecule has 0 heterocycles. The van der Waals surface area contributed by atoms with E-state index in [1.807, 2.05) is 49.4 Å². The van der Waals surface area contributed by atoms with Crippen LogP contribution in [0.1, 0.15) is 30.0 Å². The van der Waals surface area contributed by atoms with Gasteiger partial charge in [0.15, 0.2) is 0 Å². The van der Waals surface area contributed by atoms with Gasteiger partial charge in [-0.05, 0) is 29.7 Å². The summed E-state index contributed by atoms with van der Waals surface area (Å²) in [5, 5.41) is 8.62. The lowest BCUT2D eigenvalue weighted by Gasteiger charge is -2.14. The summed E-state index contributed by atoms with van der Waals surface area (Å²) in [5.74, 6) is 0.556. The highest BCUT2D eigenvalue weighted by atomic mass is 32.2. The van der Waals surface area contributed by atoms with E-state index in [1.165, 1.54) is 0 Å². The second kappa shape index (κ2) is 9.02. The number of nitrogens with zero attached hydrogens (tertiary/aromatic N) is 1. The van der Waals surface area contributed by atoms with E-state index in [4.69, 9.17) is 10.00 Å². The Hall–Kier alpha value is -2.25. The van der Waals surface area contributed by atoms with E-state index in [1.54, 1.807) is 23.9 Å². The standard InChI is InChI=1S/C19H19NO2S/c1-2-18(19(21)22-13-16-6-4-3-5-7-16)23-14-17-10-8-15(12-20)9-11-17/h3-11,18H,2,13-14H2,1H3. The summed E-state index contributed by atoms with van der Waals surface area (Å²) in [7, 11) is 0. The predicted molar refractivity (Wildman–Crippen MR) is 92.8 cm³/mol. The van der Waals surface area contributed by atoms with Crippen molar-refractivity contribution in [3.8, 4) is 6.07 Å². The summed E-state index contributed by atoms with van der Waals surface area (Å²) in [6.45, 7) is 2.30. The van der Waals surface area contributed by atoms with Gasteiger partial charge in [-0.1, -0.05) is 49.4 Å². The smallest absolute Gasteiger partial charge is 0.319 e. The Morgan fingerprint density at radius 2 is 1.83 bits per heavy atom. The minimum atomic E-state index is -0.172. The molecule has 4 heteroatoms. The third kappa shape index (κ3) is 5.46. The first-order valence-corrected chi connectivity index (χ1v) is 8.59. The van der Waals surface area contributed by atoms with E-state index in [0.717, 1.165) is 23.3 Å². The van der Waals surface area contributed by atoms with Crippen molar-refractivity contribution in [3.63, 3.8) is 0 Å². The number of hydrogen-bond donors (Lipinski definition) is 0. The van der Waals surface area contributed by atoms with E-state index in [0.29, 0.717) is 12.2 Å². The maximum absolute atomic E-state index is 12.2. The number of ether oxygens (including phenoxy) is 1. The molecule has 0 saturated heterocycles. The third-order valence-corrected chi connectivity index (χ3v) is 4.82. The summed E-state index contributed by atoms with van der Waals surface area (Å²) in [6.07, 6.45) is 0.731. The Balaban J connectivity index is 1.83. The molecule has 2 aromatic rings. The second-order valence-electron chi connectivity index (χ2n) is 5.11. The number of rotatable bonds is 7. The minimum absolute atomic E-state index is 0.171. The van der Waals surface area contributed by atoms with Gasteiger partial charge in [0.05, 0.1) is 11.6 Å². The molecule has 23 heavy (non-hydrogen) atoms. The van der Waals surface area contributed by atoms with Crippen LogP contribution in [0.4, 0.5) is 0 Å².